The van der Waals surface area contributed by atoms with E-state index in [-0.39, 0.29) is 16.7 Å². The second-order valence-electron chi connectivity index (χ2n) is 5.77. The maximum absolute atomic E-state index is 10.9. The van der Waals surface area contributed by atoms with Gasteiger partial charge in [0.1, 0.15) is 0 Å². The number of benzene rings is 2. The van der Waals surface area contributed by atoms with E-state index >= 15 is 0 Å². The summed E-state index contributed by atoms with van der Waals surface area (Å²) in [5.41, 5.74) is 3.16. The molecule has 0 unspecified atom stereocenters. The van der Waals surface area contributed by atoms with Crippen molar-refractivity contribution >= 4 is 28.4 Å². The van der Waals surface area contributed by atoms with Gasteiger partial charge in [-0.3, -0.25) is 15.1 Å². The van der Waals surface area contributed by atoms with E-state index in [0.29, 0.717) is 0 Å². The second-order valence-corrected chi connectivity index (χ2v) is 6.72. The average molecular weight is 349 g/mol. The lowest BCUT2D eigenvalue weighted by molar-refractivity contribution is -0.384. The molecule has 0 amide bonds. The van der Waals surface area contributed by atoms with E-state index in [9.17, 15) is 10.1 Å². The van der Waals surface area contributed by atoms with Crippen LogP contribution in [-0.2, 0) is 0 Å². The minimum Gasteiger partial charge on any atom is -0.258 e. The van der Waals surface area contributed by atoms with E-state index in [2.05, 4.69) is 18.2 Å². The molecule has 0 fully saturated rings. The molecule has 0 radical (unpaired) electrons. The van der Waals surface area contributed by atoms with Crippen molar-refractivity contribution in [3.8, 4) is 0 Å². The molecule has 1 aromatic heterocycles. The number of hydrogen-bond acceptors (Lipinski definition) is 5. The molecule has 2 aromatic carbocycles. The van der Waals surface area contributed by atoms with Gasteiger partial charge in [0, 0.05) is 18.6 Å². The number of hydrogen-bond donors (Lipinski definition) is 0. The summed E-state index contributed by atoms with van der Waals surface area (Å²) < 4.78 is 0. The highest BCUT2D eigenvalue weighted by atomic mass is 32.1. The quantitative estimate of drug-likeness (QED) is 0.491. The van der Waals surface area contributed by atoms with Gasteiger partial charge in [-0.15, -0.1) is 11.3 Å². The van der Waals surface area contributed by atoms with E-state index in [1.165, 1.54) is 17.7 Å². The molecule has 3 aromatic rings. The van der Waals surface area contributed by atoms with E-state index in [0.717, 1.165) is 22.7 Å². The molecule has 2 heterocycles. The van der Waals surface area contributed by atoms with Crippen LogP contribution in [0.5, 0.6) is 0 Å². The fourth-order valence-electron chi connectivity index (χ4n) is 3.00. The van der Waals surface area contributed by atoms with Crippen LogP contribution in [0.25, 0.3) is 0 Å². The predicted octanol–water partition coefficient (Wildman–Crippen LogP) is 5.01. The Balaban J connectivity index is 1.73. The maximum atomic E-state index is 10.9. The van der Waals surface area contributed by atoms with E-state index < -0.39 is 0 Å². The zero-order valence-electron chi connectivity index (χ0n) is 13.3. The molecule has 0 bridgehead atoms. The number of nitro groups is 1. The summed E-state index contributed by atoms with van der Waals surface area (Å²) >= 11 is 1.67. The molecule has 0 aliphatic carbocycles. The Labute approximate surface area is 149 Å². The van der Waals surface area contributed by atoms with E-state index in [1.807, 2.05) is 34.7 Å². The first-order valence-electron chi connectivity index (χ1n) is 7.92. The number of rotatable bonds is 4. The van der Waals surface area contributed by atoms with Gasteiger partial charge in [-0.25, -0.2) is 0 Å². The minimum absolute atomic E-state index is 0.0831. The molecule has 1 aliphatic heterocycles. The van der Waals surface area contributed by atoms with Gasteiger partial charge in [0.05, 0.1) is 27.2 Å². The SMILES string of the molecule is O=[N+]([O-])c1ccc(N2N=C(c3cccs3)C[C@H]2c2ccccc2)cc1. The van der Waals surface area contributed by atoms with Crippen molar-refractivity contribution in [1.29, 1.82) is 0 Å². The van der Waals surface area contributed by atoms with Crippen LogP contribution in [0.15, 0.2) is 77.2 Å². The van der Waals surface area contributed by atoms with E-state index in [4.69, 9.17) is 5.10 Å². The highest BCUT2D eigenvalue weighted by molar-refractivity contribution is 7.12. The number of thiophene rings is 1. The largest absolute Gasteiger partial charge is 0.269 e. The summed E-state index contributed by atoms with van der Waals surface area (Å²) in [5.74, 6) is 0. The third-order valence-corrected chi connectivity index (χ3v) is 5.14. The van der Waals surface area contributed by atoms with Gasteiger partial charge in [-0.1, -0.05) is 36.4 Å². The van der Waals surface area contributed by atoms with Gasteiger partial charge in [0.15, 0.2) is 0 Å². The first-order chi connectivity index (χ1) is 12.2. The molecule has 4 rings (SSSR count). The number of hydrazone groups is 1. The van der Waals surface area contributed by atoms with Crippen LogP contribution in [0.1, 0.15) is 22.9 Å². The smallest absolute Gasteiger partial charge is 0.258 e. The first-order valence-corrected chi connectivity index (χ1v) is 8.80. The summed E-state index contributed by atoms with van der Waals surface area (Å²) in [6.07, 6.45) is 0.807. The molecule has 6 heteroatoms. The van der Waals surface area contributed by atoms with Gasteiger partial charge in [0.25, 0.3) is 5.69 Å². The molecular formula is C19H15N3O2S. The zero-order valence-corrected chi connectivity index (χ0v) is 14.1. The molecule has 0 saturated heterocycles. The Hall–Kier alpha value is -2.99. The van der Waals surface area contributed by atoms with Gasteiger partial charge in [-0.2, -0.15) is 5.10 Å². The number of anilines is 1. The van der Waals surface area contributed by atoms with Crippen molar-refractivity contribution in [3.05, 3.63) is 92.7 Å². The standard InChI is InChI=1S/C19H15N3O2S/c23-22(24)16-10-8-15(9-11-16)21-18(14-5-2-1-3-6-14)13-17(20-21)19-7-4-12-25-19/h1-12,18H,13H2/t18-/m0/s1. The Bertz CT molecular complexity index is 906. The van der Waals surface area contributed by atoms with Crippen LogP contribution < -0.4 is 5.01 Å². The molecule has 1 aliphatic rings. The highest BCUT2D eigenvalue weighted by Crippen LogP contribution is 2.37. The van der Waals surface area contributed by atoms with Gasteiger partial charge in [0.2, 0.25) is 0 Å². The molecular weight excluding hydrogens is 334 g/mol. The number of nitro benzene ring substituents is 1. The Morgan fingerprint density at radius 2 is 1.80 bits per heavy atom. The zero-order chi connectivity index (χ0) is 17.2. The Morgan fingerprint density at radius 1 is 1.04 bits per heavy atom. The summed E-state index contributed by atoms with van der Waals surface area (Å²) in [6.45, 7) is 0. The topological polar surface area (TPSA) is 58.7 Å². The Morgan fingerprint density at radius 3 is 2.44 bits per heavy atom. The summed E-state index contributed by atoms with van der Waals surface area (Å²) in [7, 11) is 0. The van der Waals surface area contributed by atoms with Crippen LogP contribution in [0.2, 0.25) is 0 Å². The van der Waals surface area contributed by atoms with Crippen LogP contribution in [-0.4, -0.2) is 10.6 Å². The number of nitrogens with zero attached hydrogens (tertiary/aromatic N) is 3. The van der Waals surface area contributed by atoms with Crippen molar-refractivity contribution in [3.63, 3.8) is 0 Å². The molecule has 0 spiro atoms. The molecule has 0 N–H and O–H groups in total. The van der Waals surface area contributed by atoms with Crippen molar-refractivity contribution in [2.75, 3.05) is 5.01 Å². The lowest BCUT2D eigenvalue weighted by Gasteiger charge is -2.23. The fraction of sp³-hybridized carbons (Fsp3) is 0.105. The van der Waals surface area contributed by atoms with Crippen LogP contribution in [0.3, 0.4) is 0 Å². The van der Waals surface area contributed by atoms with Gasteiger partial charge < -0.3 is 0 Å². The fourth-order valence-corrected chi connectivity index (χ4v) is 3.72. The van der Waals surface area contributed by atoms with Crippen LogP contribution >= 0.6 is 11.3 Å². The van der Waals surface area contributed by atoms with Gasteiger partial charge >= 0.3 is 0 Å². The Kier molecular flexibility index (Phi) is 4.03. The third-order valence-electron chi connectivity index (χ3n) is 4.23. The van der Waals surface area contributed by atoms with Crippen molar-refractivity contribution in [1.82, 2.24) is 0 Å². The summed E-state index contributed by atoms with van der Waals surface area (Å²) in [4.78, 5) is 11.7. The highest BCUT2D eigenvalue weighted by Gasteiger charge is 2.30. The maximum Gasteiger partial charge on any atom is 0.269 e. The lowest BCUT2D eigenvalue weighted by atomic mass is 10.0. The minimum atomic E-state index is -0.386. The van der Waals surface area contributed by atoms with Crippen molar-refractivity contribution < 1.29 is 4.92 Å². The monoisotopic (exact) mass is 349 g/mol. The molecule has 124 valence electrons. The molecule has 0 saturated carbocycles. The van der Waals surface area contributed by atoms with Crippen LogP contribution in [0.4, 0.5) is 11.4 Å². The number of non-ortho nitro benzene ring substituents is 1. The normalized spacial score (nSPS) is 16.7. The van der Waals surface area contributed by atoms with Crippen molar-refractivity contribution in [2.24, 2.45) is 5.10 Å². The molecule has 5 nitrogen and oxygen atoms in total. The van der Waals surface area contributed by atoms with Crippen LogP contribution in [0, 0.1) is 10.1 Å². The average Bonchev–Trinajstić information content (AvgIpc) is 3.32. The molecule has 25 heavy (non-hydrogen) atoms. The summed E-state index contributed by atoms with van der Waals surface area (Å²) in [5, 5.41) is 19.7. The van der Waals surface area contributed by atoms with Crippen molar-refractivity contribution in [2.45, 2.75) is 12.5 Å². The molecule has 1 atom stereocenters. The second kappa shape index (κ2) is 6.49. The first kappa shape index (κ1) is 15.5. The van der Waals surface area contributed by atoms with E-state index in [1.54, 1.807) is 23.5 Å². The lowest BCUT2D eigenvalue weighted by Crippen LogP contribution is -2.18. The summed E-state index contributed by atoms with van der Waals surface area (Å²) in [6, 6.07) is 21.0. The van der Waals surface area contributed by atoms with Gasteiger partial charge in [-0.05, 0) is 29.1 Å². The third kappa shape index (κ3) is 3.04. The predicted molar refractivity (Wildman–Crippen MR) is 100 cm³/mol.